The monoisotopic (exact) mass is 341 g/mol. The van der Waals surface area contributed by atoms with Gasteiger partial charge in [0, 0.05) is 35.2 Å². The van der Waals surface area contributed by atoms with Crippen LogP contribution in [0.15, 0.2) is 67.1 Å². The van der Waals surface area contributed by atoms with Gasteiger partial charge in [-0.1, -0.05) is 24.3 Å². The summed E-state index contributed by atoms with van der Waals surface area (Å²) in [6, 6.07) is 15.6. The number of hydrogen-bond donors (Lipinski definition) is 0. The summed E-state index contributed by atoms with van der Waals surface area (Å²) in [6.45, 7) is -1.70. The van der Waals surface area contributed by atoms with Gasteiger partial charge in [-0.2, -0.15) is 4.57 Å². The van der Waals surface area contributed by atoms with E-state index in [1.165, 1.54) is 4.57 Å². The lowest BCUT2D eigenvalue weighted by molar-refractivity contribution is -0.645. The van der Waals surface area contributed by atoms with Gasteiger partial charge in [0.15, 0.2) is 5.69 Å². The SMILES string of the molecule is [2H]C([2H])([2H])n1c2ccncc2c2c1n(-c1ccccc1)c1[n+]2Cc2cccnc2-1. The third-order valence-corrected chi connectivity index (χ3v) is 5.11. The number of aromatic nitrogens is 5. The maximum absolute atomic E-state index is 8.25. The molecule has 0 amide bonds. The highest BCUT2D eigenvalue weighted by Gasteiger charge is 2.38. The number of rotatable bonds is 1. The molecule has 0 radical (unpaired) electrons. The summed E-state index contributed by atoms with van der Waals surface area (Å²) in [4.78, 5) is 8.91. The van der Waals surface area contributed by atoms with E-state index in [0.717, 1.165) is 33.7 Å². The first-order valence-electron chi connectivity index (χ1n) is 9.98. The number of fused-ring (bicyclic) bond motifs is 7. The van der Waals surface area contributed by atoms with Crippen molar-refractivity contribution in [2.45, 2.75) is 6.54 Å². The number of imidazole rings is 1. The predicted octanol–water partition coefficient (Wildman–Crippen LogP) is 3.23. The average molecular weight is 341 g/mol. The van der Waals surface area contributed by atoms with Crippen LogP contribution < -0.4 is 4.57 Å². The highest BCUT2D eigenvalue weighted by atomic mass is 15.3. The molecule has 124 valence electrons. The molecule has 0 aliphatic carbocycles. The molecule has 0 N–H and O–H groups in total. The first-order chi connectivity index (χ1) is 14.1. The first kappa shape index (κ1) is 11.2. The Labute approximate surface area is 154 Å². The lowest BCUT2D eigenvalue weighted by Gasteiger charge is -2.03. The van der Waals surface area contributed by atoms with Gasteiger partial charge in [0.1, 0.15) is 12.2 Å². The minimum Gasteiger partial charge on any atom is -0.307 e. The average Bonchev–Trinajstić information content (AvgIpc) is 3.34. The summed E-state index contributed by atoms with van der Waals surface area (Å²) in [6.07, 6.45) is 5.16. The molecular formula is C21H16N5+. The fraction of sp³-hybridized carbons (Fsp3) is 0.0952. The molecule has 1 aliphatic heterocycles. The molecule has 6 rings (SSSR count). The molecule has 0 saturated carbocycles. The van der Waals surface area contributed by atoms with E-state index in [-0.39, 0.29) is 0 Å². The van der Waals surface area contributed by atoms with E-state index >= 15 is 0 Å². The van der Waals surface area contributed by atoms with Crippen LogP contribution in [-0.4, -0.2) is 19.1 Å². The molecule has 5 heteroatoms. The van der Waals surface area contributed by atoms with Crippen LogP contribution in [0.25, 0.3) is 39.3 Å². The minimum absolute atomic E-state index is 0.630. The van der Waals surface area contributed by atoms with Crippen molar-refractivity contribution in [3.63, 3.8) is 0 Å². The summed E-state index contributed by atoms with van der Waals surface area (Å²) in [5.74, 6) is 0.889. The minimum atomic E-state index is -2.34. The Hall–Kier alpha value is -3.47. The fourth-order valence-electron chi connectivity index (χ4n) is 4.05. The maximum atomic E-state index is 8.25. The predicted molar refractivity (Wildman–Crippen MR) is 100 cm³/mol. The van der Waals surface area contributed by atoms with E-state index in [1.54, 1.807) is 24.7 Å². The van der Waals surface area contributed by atoms with Crippen LogP contribution in [0, 0.1) is 0 Å². The van der Waals surface area contributed by atoms with E-state index in [9.17, 15) is 0 Å². The molecule has 0 bridgehead atoms. The van der Waals surface area contributed by atoms with Crippen molar-refractivity contribution in [2.75, 3.05) is 0 Å². The molecule has 0 saturated heterocycles. The van der Waals surface area contributed by atoms with Gasteiger partial charge in [-0.15, -0.1) is 0 Å². The van der Waals surface area contributed by atoms with Gasteiger partial charge in [-0.25, -0.2) is 9.55 Å². The van der Waals surface area contributed by atoms with Crippen molar-refractivity contribution < 1.29 is 8.68 Å². The van der Waals surface area contributed by atoms with Gasteiger partial charge in [-0.3, -0.25) is 4.98 Å². The number of hydrogen-bond acceptors (Lipinski definition) is 2. The van der Waals surface area contributed by atoms with E-state index in [0.29, 0.717) is 17.7 Å². The standard InChI is InChI=1S/C21H16N5/c1-24-17-9-11-22-12-16(17)19-21(24)26(15-7-3-2-4-8-15)20-18-14(13-25(19)20)6-5-10-23-18/h2-12H,13H2,1H3/q+1/i1D3. The molecule has 26 heavy (non-hydrogen) atoms. The van der Waals surface area contributed by atoms with E-state index in [4.69, 9.17) is 4.11 Å². The van der Waals surface area contributed by atoms with Crippen LogP contribution in [0.4, 0.5) is 0 Å². The summed E-state index contributed by atoms with van der Waals surface area (Å²) in [7, 11) is 0. The van der Waals surface area contributed by atoms with E-state index in [2.05, 4.69) is 20.6 Å². The Kier molecular flexibility index (Phi) is 2.06. The zero-order valence-corrected chi connectivity index (χ0v) is 13.8. The van der Waals surface area contributed by atoms with E-state index in [1.807, 2.05) is 41.0 Å². The second kappa shape index (κ2) is 4.79. The third kappa shape index (κ3) is 1.57. The van der Waals surface area contributed by atoms with Crippen molar-refractivity contribution in [1.29, 1.82) is 0 Å². The molecule has 5 heterocycles. The van der Waals surface area contributed by atoms with Gasteiger partial charge in [-0.05, 0) is 24.3 Å². The Balaban J connectivity index is 1.89. The molecule has 0 atom stereocenters. The summed E-state index contributed by atoms with van der Waals surface area (Å²) < 4.78 is 30.4. The molecule has 4 aromatic heterocycles. The second-order valence-corrected chi connectivity index (χ2v) is 6.49. The first-order valence-corrected chi connectivity index (χ1v) is 8.48. The molecular weight excluding hydrogens is 322 g/mol. The van der Waals surface area contributed by atoms with Crippen LogP contribution in [-0.2, 0) is 13.5 Å². The van der Waals surface area contributed by atoms with Crippen molar-refractivity contribution >= 4 is 22.1 Å². The highest BCUT2D eigenvalue weighted by molar-refractivity contribution is 6.03. The van der Waals surface area contributed by atoms with E-state index < -0.39 is 6.98 Å². The Morgan fingerprint density at radius 3 is 2.88 bits per heavy atom. The molecule has 0 unspecified atom stereocenters. The molecule has 1 aromatic carbocycles. The van der Waals surface area contributed by atoms with Crippen LogP contribution in [0.5, 0.6) is 0 Å². The van der Waals surface area contributed by atoms with Crippen LogP contribution >= 0.6 is 0 Å². The number of para-hydroxylation sites is 1. The highest BCUT2D eigenvalue weighted by Crippen LogP contribution is 2.36. The summed E-state index contributed by atoms with van der Waals surface area (Å²) >= 11 is 0. The Morgan fingerprint density at radius 2 is 2.00 bits per heavy atom. The quantitative estimate of drug-likeness (QED) is 0.431. The van der Waals surface area contributed by atoms with Crippen LogP contribution in [0.2, 0.25) is 0 Å². The zero-order chi connectivity index (χ0) is 19.8. The van der Waals surface area contributed by atoms with Crippen molar-refractivity contribution in [3.05, 3.63) is 72.7 Å². The van der Waals surface area contributed by atoms with Gasteiger partial charge in [0.05, 0.1) is 10.9 Å². The second-order valence-electron chi connectivity index (χ2n) is 6.49. The molecule has 1 aliphatic rings. The Bertz CT molecular complexity index is 1410. The van der Waals surface area contributed by atoms with Gasteiger partial charge < -0.3 is 4.57 Å². The van der Waals surface area contributed by atoms with Crippen molar-refractivity contribution in [1.82, 2.24) is 19.1 Å². The molecule has 5 aromatic rings. The number of aryl methyl sites for hydroxylation is 1. The summed E-state index contributed by atoms with van der Waals surface area (Å²) in [5, 5.41) is 0.822. The number of nitrogens with zero attached hydrogens (tertiary/aromatic N) is 5. The smallest absolute Gasteiger partial charge is 0.307 e. The molecule has 0 fully saturated rings. The normalized spacial score (nSPS) is 14.8. The molecule has 5 nitrogen and oxygen atoms in total. The topological polar surface area (TPSA) is 39.5 Å². The fourth-order valence-corrected chi connectivity index (χ4v) is 4.05. The lowest BCUT2D eigenvalue weighted by Crippen LogP contribution is -2.31. The lowest BCUT2D eigenvalue weighted by atomic mass is 10.2. The van der Waals surface area contributed by atoms with Gasteiger partial charge in [0.25, 0.3) is 5.65 Å². The van der Waals surface area contributed by atoms with Crippen molar-refractivity contribution in [2.24, 2.45) is 6.98 Å². The van der Waals surface area contributed by atoms with Crippen molar-refractivity contribution in [3.8, 4) is 17.2 Å². The number of pyridine rings is 2. The summed E-state index contributed by atoms with van der Waals surface area (Å²) in [5.41, 5.74) is 5.03. The zero-order valence-electron chi connectivity index (χ0n) is 16.8. The number of benzene rings is 1. The van der Waals surface area contributed by atoms with Gasteiger partial charge >= 0.3 is 5.82 Å². The molecule has 0 spiro atoms. The van der Waals surface area contributed by atoms with Gasteiger partial charge in [0.2, 0.25) is 5.52 Å². The third-order valence-electron chi connectivity index (χ3n) is 5.11. The largest absolute Gasteiger partial charge is 0.315 e. The van der Waals surface area contributed by atoms with Crippen LogP contribution in [0.3, 0.4) is 0 Å². The van der Waals surface area contributed by atoms with Crippen LogP contribution in [0.1, 0.15) is 9.68 Å². The Morgan fingerprint density at radius 1 is 1.08 bits per heavy atom. The maximum Gasteiger partial charge on any atom is 0.315 e.